The van der Waals surface area contributed by atoms with Crippen molar-refractivity contribution in [3.63, 3.8) is 0 Å². The predicted molar refractivity (Wildman–Crippen MR) is 167 cm³/mol. The van der Waals surface area contributed by atoms with Crippen molar-refractivity contribution in [2.45, 2.75) is 50.1 Å². The molecule has 7 rings (SSSR count). The van der Waals surface area contributed by atoms with Gasteiger partial charge in [0.15, 0.2) is 0 Å². The molecule has 0 aromatic heterocycles. The summed E-state index contributed by atoms with van der Waals surface area (Å²) in [5.74, 6) is 1.21. The average Bonchev–Trinajstić information content (AvgIpc) is 3.60. The lowest BCUT2D eigenvalue weighted by Gasteiger charge is -2.46. The standard InChI is InChI=1S/C33H34N6O4S/c1-19-15-24(43-23-5-3-2-4-6-23)9-10-25(19)39-26-11-13-35-31-27(26)28(37-33(39)42)29(44-31)30(40)36-22-12-14-38(18-22)32(41)21(17-34)16-20-7-8-20/h2-6,9-10,15-16,20,22,26-27,31,35H,7-8,11-14,18H2,1H3,(H,36,40)(H,37,42)/b21-16+/t22-,26?,27?,31?/m0/s1. The Kier molecular flexibility index (Phi) is 7.56. The molecule has 1 aliphatic carbocycles. The Hall–Kier alpha value is -4.27. The van der Waals surface area contributed by atoms with E-state index in [-0.39, 0.29) is 46.8 Å². The Morgan fingerprint density at radius 2 is 1.93 bits per heavy atom. The number of piperidine rings is 1. The normalized spacial score (nSPS) is 26.2. The van der Waals surface area contributed by atoms with Gasteiger partial charge >= 0.3 is 6.03 Å². The van der Waals surface area contributed by atoms with E-state index in [1.165, 1.54) is 11.8 Å². The summed E-state index contributed by atoms with van der Waals surface area (Å²) >= 11 is 1.46. The van der Waals surface area contributed by atoms with Gasteiger partial charge in [0.2, 0.25) is 0 Å². The van der Waals surface area contributed by atoms with E-state index in [1.54, 1.807) is 11.0 Å². The first kappa shape index (κ1) is 28.5. The average molecular weight is 611 g/mol. The molecule has 11 heteroatoms. The number of thioether (sulfide) groups is 1. The van der Waals surface area contributed by atoms with Gasteiger partial charge in [-0.15, -0.1) is 0 Å². The van der Waals surface area contributed by atoms with Gasteiger partial charge in [-0.2, -0.15) is 5.26 Å². The van der Waals surface area contributed by atoms with Crippen LogP contribution >= 0.6 is 11.8 Å². The van der Waals surface area contributed by atoms with E-state index in [4.69, 9.17) is 4.74 Å². The van der Waals surface area contributed by atoms with Crippen LogP contribution in [0, 0.1) is 30.1 Å². The first-order valence-corrected chi connectivity index (χ1v) is 16.1. The SMILES string of the molecule is Cc1cc(Oc2ccccc2)ccc1N1C(=O)NC2=C(C(=O)N[C@H]3CCN(C(=O)/C(C#N)=C/C4CC4)C3)SC3NCCC1C23. The van der Waals surface area contributed by atoms with Crippen LogP contribution in [0.1, 0.15) is 31.2 Å². The van der Waals surface area contributed by atoms with Gasteiger partial charge in [-0.25, -0.2) is 4.79 Å². The third-order valence-corrected chi connectivity index (χ3v) is 10.3. The number of rotatable bonds is 7. The summed E-state index contributed by atoms with van der Waals surface area (Å²) in [6.07, 6.45) is 5.20. The van der Waals surface area contributed by atoms with E-state index < -0.39 is 0 Å². The van der Waals surface area contributed by atoms with Crippen LogP contribution in [0.5, 0.6) is 11.5 Å². The molecule has 2 aromatic rings. The highest BCUT2D eigenvalue weighted by molar-refractivity contribution is 8.04. The molecule has 4 aliphatic heterocycles. The Balaban J connectivity index is 1.06. The van der Waals surface area contributed by atoms with E-state index in [0.29, 0.717) is 41.8 Å². The molecular weight excluding hydrogens is 576 g/mol. The molecule has 226 valence electrons. The summed E-state index contributed by atoms with van der Waals surface area (Å²) in [6, 6.07) is 16.8. The molecule has 0 spiro atoms. The molecule has 0 radical (unpaired) electrons. The maximum Gasteiger partial charge on any atom is 0.326 e. The lowest BCUT2D eigenvalue weighted by atomic mass is 9.86. The van der Waals surface area contributed by atoms with Gasteiger partial charge in [-0.3, -0.25) is 14.5 Å². The smallest absolute Gasteiger partial charge is 0.326 e. The van der Waals surface area contributed by atoms with Crippen molar-refractivity contribution in [1.29, 1.82) is 5.26 Å². The number of likely N-dealkylation sites (tertiary alicyclic amines) is 1. The summed E-state index contributed by atoms with van der Waals surface area (Å²) in [7, 11) is 0. The largest absolute Gasteiger partial charge is 0.457 e. The fraction of sp³-hybridized carbons (Fsp3) is 0.394. The van der Waals surface area contributed by atoms with Gasteiger partial charge in [0.05, 0.1) is 16.3 Å². The highest BCUT2D eigenvalue weighted by Crippen LogP contribution is 2.48. The fourth-order valence-electron chi connectivity index (χ4n) is 6.63. The van der Waals surface area contributed by atoms with E-state index in [2.05, 4.69) is 22.0 Å². The number of nitriles is 1. The number of ether oxygens (including phenoxy) is 1. The topological polar surface area (TPSA) is 127 Å². The lowest BCUT2D eigenvalue weighted by Crippen LogP contribution is -2.62. The second kappa shape index (κ2) is 11.7. The van der Waals surface area contributed by atoms with E-state index in [9.17, 15) is 19.6 Å². The first-order chi connectivity index (χ1) is 21.4. The molecular formula is C33H34N6O4S. The second-order valence-electron chi connectivity index (χ2n) is 12.0. The Labute approximate surface area is 260 Å². The zero-order valence-electron chi connectivity index (χ0n) is 24.4. The van der Waals surface area contributed by atoms with Gasteiger partial charge in [-0.1, -0.05) is 36.0 Å². The summed E-state index contributed by atoms with van der Waals surface area (Å²) in [5, 5.41) is 19.1. The van der Waals surface area contributed by atoms with Crippen LogP contribution in [0.25, 0.3) is 0 Å². The number of urea groups is 1. The fourth-order valence-corrected chi connectivity index (χ4v) is 8.03. The van der Waals surface area contributed by atoms with E-state index in [1.807, 2.05) is 60.4 Å². The van der Waals surface area contributed by atoms with Crippen LogP contribution in [0.2, 0.25) is 0 Å². The summed E-state index contributed by atoms with van der Waals surface area (Å²) in [4.78, 5) is 44.2. The molecule has 3 saturated heterocycles. The molecule has 4 amide bonds. The second-order valence-corrected chi connectivity index (χ2v) is 13.2. The maximum atomic E-state index is 13.7. The highest BCUT2D eigenvalue weighted by atomic mass is 32.2. The van der Waals surface area contributed by atoms with Gasteiger partial charge in [0, 0.05) is 36.4 Å². The van der Waals surface area contributed by atoms with Crippen molar-refractivity contribution in [2.24, 2.45) is 11.8 Å². The van der Waals surface area contributed by atoms with Gasteiger partial charge in [-0.05, 0) is 81.0 Å². The minimum absolute atomic E-state index is 0.0407. The predicted octanol–water partition coefficient (Wildman–Crippen LogP) is 4.16. The zero-order valence-corrected chi connectivity index (χ0v) is 25.2. The minimum atomic E-state index is -0.263. The number of carbonyl (C=O) groups is 3. The number of hydrogen-bond acceptors (Lipinski definition) is 7. The number of benzene rings is 2. The molecule has 5 aliphatic rings. The number of allylic oxidation sites excluding steroid dienone is 1. The molecule has 4 fully saturated rings. The van der Waals surface area contributed by atoms with Crippen molar-refractivity contribution in [1.82, 2.24) is 20.9 Å². The number of nitrogens with zero attached hydrogens (tertiary/aromatic N) is 3. The van der Waals surface area contributed by atoms with E-state index >= 15 is 0 Å². The van der Waals surface area contributed by atoms with Crippen molar-refractivity contribution in [3.8, 4) is 17.6 Å². The zero-order chi connectivity index (χ0) is 30.4. The molecule has 2 aromatic carbocycles. The first-order valence-electron chi connectivity index (χ1n) is 15.2. The number of anilines is 1. The number of hydrogen-bond donors (Lipinski definition) is 3. The summed E-state index contributed by atoms with van der Waals surface area (Å²) < 4.78 is 6.01. The number of nitrogens with one attached hydrogen (secondary N) is 3. The Morgan fingerprint density at radius 1 is 1.11 bits per heavy atom. The molecule has 3 N–H and O–H groups in total. The molecule has 44 heavy (non-hydrogen) atoms. The van der Waals surface area contributed by atoms with Crippen LogP contribution in [-0.4, -0.2) is 59.8 Å². The molecule has 10 nitrogen and oxygen atoms in total. The number of carbonyl (C=O) groups excluding carboxylic acids is 3. The van der Waals surface area contributed by atoms with Crippen molar-refractivity contribution in [2.75, 3.05) is 24.5 Å². The summed E-state index contributed by atoms with van der Waals surface area (Å²) in [5.41, 5.74) is 2.60. The molecule has 1 saturated carbocycles. The number of amides is 4. The van der Waals surface area contributed by atoms with Gasteiger partial charge < -0.3 is 25.6 Å². The highest BCUT2D eigenvalue weighted by Gasteiger charge is 2.52. The number of para-hydroxylation sites is 1. The molecule has 3 unspecified atom stereocenters. The minimum Gasteiger partial charge on any atom is -0.457 e. The lowest BCUT2D eigenvalue weighted by molar-refractivity contribution is -0.126. The third-order valence-electron chi connectivity index (χ3n) is 8.94. The molecule has 4 heterocycles. The van der Waals surface area contributed by atoms with Gasteiger partial charge in [0.1, 0.15) is 23.1 Å². The van der Waals surface area contributed by atoms with Crippen molar-refractivity contribution < 1.29 is 19.1 Å². The number of aryl methyl sites for hydroxylation is 1. The Bertz CT molecular complexity index is 1610. The quantitative estimate of drug-likeness (QED) is 0.318. The van der Waals surface area contributed by atoms with Crippen LogP contribution in [0.3, 0.4) is 0 Å². The molecule has 0 bridgehead atoms. The van der Waals surface area contributed by atoms with E-state index in [0.717, 1.165) is 42.8 Å². The van der Waals surface area contributed by atoms with Crippen molar-refractivity contribution in [3.05, 3.63) is 76.3 Å². The Morgan fingerprint density at radius 3 is 2.68 bits per heavy atom. The van der Waals surface area contributed by atoms with Crippen LogP contribution < -0.4 is 25.6 Å². The monoisotopic (exact) mass is 610 g/mol. The third kappa shape index (κ3) is 5.44. The summed E-state index contributed by atoms with van der Waals surface area (Å²) in [6.45, 7) is 3.55. The van der Waals surface area contributed by atoms with Crippen LogP contribution in [0.4, 0.5) is 10.5 Å². The maximum absolute atomic E-state index is 13.7. The van der Waals surface area contributed by atoms with Gasteiger partial charge in [0.25, 0.3) is 11.8 Å². The van der Waals surface area contributed by atoms with Crippen LogP contribution in [0.15, 0.2) is 70.8 Å². The van der Waals surface area contributed by atoms with Crippen LogP contribution in [-0.2, 0) is 9.59 Å². The molecule has 4 atom stereocenters. The van der Waals surface area contributed by atoms with Crippen molar-refractivity contribution >= 4 is 35.3 Å².